The molecule has 0 amide bonds. The van der Waals surface area contributed by atoms with Crippen LogP contribution in [0.1, 0.15) is 19.8 Å². The number of hydrogen-bond acceptors (Lipinski definition) is 2. The largest absolute Gasteiger partial charge is 0.396 e. The highest BCUT2D eigenvalue weighted by Crippen LogP contribution is 2.34. The lowest BCUT2D eigenvalue weighted by Gasteiger charge is -2.33. The second-order valence-corrected chi connectivity index (χ2v) is 3.63. The normalized spacial score (nSPS) is 28.8. The van der Waals surface area contributed by atoms with Gasteiger partial charge in [0.05, 0.1) is 13.2 Å². The van der Waals surface area contributed by atoms with Crippen LogP contribution < -0.4 is 0 Å². The molecule has 2 N–H and O–H groups in total. The fraction of sp³-hybridized carbons (Fsp3) is 0.778. The molecule has 0 aromatic rings. The number of allylic oxidation sites excluding steroid dienone is 2. The van der Waals surface area contributed by atoms with Crippen molar-refractivity contribution in [3.05, 3.63) is 12.2 Å². The Hall–Kier alpha value is -0.340. The molecule has 2 heteroatoms. The van der Waals surface area contributed by atoms with E-state index in [4.69, 9.17) is 10.2 Å². The Morgan fingerprint density at radius 2 is 2.09 bits per heavy atom. The molecule has 0 radical (unpaired) electrons. The summed E-state index contributed by atoms with van der Waals surface area (Å²) in [5.74, 6) is 0.489. The predicted octanol–water partition coefficient (Wildman–Crippen LogP) is 0.944. The third-order valence-corrected chi connectivity index (χ3v) is 2.44. The van der Waals surface area contributed by atoms with Crippen LogP contribution in [0.5, 0.6) is 0 Å². The van der Waals surface area contributed by atoms with Gasteiger partial charge in [-0.3, -0.25) is 0 Å². The van der Waals surface area contributed by atoms with Crippen LogP contribution in [0.2, 0.25) is 0 Å². The Morgan fingerprint density at radius 1 is 1.45 bits per heavy atom. The van der Waals surface area contributed by atoms with E-state index >= 15 is 0 Å². The van der Waals surface area contributed by atoms with Crippen LogP contribution in [-0.2, 0) is 0 Å². The van der Waals surface area contributed by atoms with E-state index in [2.05, 4.69) is 19.1 Å². The summed E-state index contributed by atoms with van der Waals surface area (Å²) < 4.78 is 0. The van der Waals surface area contributed by atoms with Crippen molar-refractivity contribution in [3.63, 3.8) is 0 Å². The topological polar surface area (TPSA) is 40.5 Å². The fourth-order valence-corrected chi connectivity index (χ4v) is 1.69. The van der Waals surface area contributed by atoms with Crippen LogP contribution in [0.4, 0.5) is 0 Å². The van der Waals surface area contributed by atoms with Crippen molar-refractivity contribution in [1.29, 1.82) is 0 Å². The first-order chi connectivity index (χ1) is 5.22. The van der Waals surface area contributed by atoms with Gasteiger partial charge in [0, 0.05) is 5.41 Å². The van der Waals surface area contributed by atoms with E-state index < -0.39 is 0 Å². The molecule has 1 aliphatic rings. The minimum absolute atomic E-state index is 0.0954. The minimum Gasteiger partial charge on any atom is -0.396 e. The van der Waals surface area contributed by atoms with E-state index in [0.717, 1.165) is 12.8 Å². The lowest BCUT2D eigenvalue weighted by molar-refractivity contribution is 0.0375. The molecule has 0 fully saturated rings. The highest BCUT2D eigenvalue weighted by molar-refractivity contribution is 5.00. The van der Waals surface area contributed by atoms with E-state index in [1.54, 1.807) is 0 Å². The third kappa shape index (κ3) is 1.82. The van der Waals surface area contributed by atoms with Crippen LogP contribution in [0.25, 0.3) is 0 Å². The van der Waals surface area contributed by atoms with Crippen LogP contribution in [0.15, 0.2) is 12.2 Å². The number of aliphatic hydroxyl groups is 2. The van der Waals surface area contributed by atoms with Gasteiger partial charge in [-0.05, 0) is 18.8 Å². The van der Waals surface area contributed by atoms with E-state index in [-0.39, 0.29) is 18.6 Å². The minimum atomic E-state index is -0.242. The first-order valence-electron chi connectivity index (χ1n) is 4.11. The van der Waals surface area contributed by atoms with E-state index in [9.17, 15) is 0 Å². The molecule has 1 aliphatic carbocycles. The molecule has 0 spiro atoms. The van der Waals surface area contributed by atoms with Gasteiger partial charge in [-0.15, -0.1) is 0 Å². The summed E-state index contributed by atoms with van der Waals surface area (Å²) >= 11 is 0. The quantitative estimate of drug-likeness (QED) is 0.584. The van der Waals surface area contributed by atoms with Gasteiger partial charge in [0.15, 0.2) is 0 Å². The Bertz CT molecular complexity index is 148. The highest BCUT2D eigenvalue weighted by Gasteiger charge is 2.31. The molecule has 1 rings (SSSR count). The molecule has 0 aliphatic heterocycles. The molecule has 0 bridgehead atoms. The van der Waals surface area contributed by atoms with E-state index in [1.807, 2.05) is 0 Å². The maximum atomic E-state index is 9.07. The van der Waals surface area contributed by atoms with Gasteiger partial charge in [-0.1, -0.05) is 19.1 Å². The van der Waals surface area contributed by atoms with E-state index in [1.165, 1.54) is 0 Å². The van der Waals surface area contributed by atoms with Crippen LogP contribution in [0, 0.1) is 11.3 Å². The average molecular weight is 156 g/mol. The monoisotopic (exact) mass is 156 g/mol. The van der Waals surface area contributed by atoms with Crippen molar-refractivity contribution < 1.29 is 10.2 Å². The van der Waals surface area contributed by atoms with Crippen LogP contribution in [-0.4, -0.2) is 23.4 Å². The van der Waals surface area contributed by atoms with Crippen LogP contribution in [0.3, 0.4) is 0 Å². The SMILES string of the molecule is CC1C=CCC(CO)(CO)C1. The van der Waals surface area contributed by atoms with Crippen molar-refractivity contribution >= 4 is 0 Å². The second-order valence-electron chi connectivity index (χ2n) is 3.63. The zero-order chi connectivity index (χ0) is 8.32. The fourth-order valence-electron chi connectivity index (χ4n) is 1.69. The van der Waals surface area contributed by atoms with Gasteiger partial charge in [0.2, 0.25) is 0 Å². The Morgan fingerprint density at radius 3 is 2.45 bits per heavy atom. The Balaban J connectivity index is 2.64. The summed E-state index contributed by atoms with van der Waals surface area (Å²) in [5.41, 5.74) is -0.242. The summed E-state index contributed by atoms with van der Waals surface area (Å²) in [6, 6.07) is 0. The molecule has 0 saturated carbocycles. The maximum absolute atomic E-state index is 9.07. The zero-order valence-corrected chi connectivity index (χ0v) is 6.95. The second kappa shape index (κ2) is 3.37. The maximum Gasteiger partial charge on any atom is 0.0512 e. The third-order valence-electron chi connectivity index (χ3n) is 2.44. The molecule has 1 unspecified atom stereocenters. The number of aliphatic hydroxyl groups excluding tert-OH is 2. The van der Waals surface area contributed by atoms with Gasteiger partial charge < -0.3 is 10.2 Å². The molecule has 64 valence electrons. The first-order valence-corrected chi connectivity index (χ1v) is 4.11. The summed E-state index contributed by atoms with van der Waals surface area (Å²) in [6.07, 6.45) is 5.91. The molecular formula is C9H16O2. The summed E-state index contributed by atoms with van der Waals surface area (Å²) in [7, 11) is 0. The lowest BCUT2D eigenvalue weighted by Crippen LogP contribution is -2.32. The number of rotatable bonds is 2. The molecule has 1 atom stereocenters. The summed E-state index contributed by atoms with van der Waals surface area (Å²) in [4.78, 5) is 0. The van der Waals surface area contributed by atoms with Crippen molar-refractivity contribution in [2.75, 3.05) is 13.2 Å². The lowest BCUT2D eigenvalue weighted by atomic mass is 9.75. The van der Waals surface area contributed by atoms with Gasteiger partial charge in [0.1, 0.15) is 0 Å². The zero-order valence-electron chi connectivity index (χ0n) is 6.95. The van der Waals surface area contributed by atoms with Crippen molar-refractivity contribution in [2.24, 2.45) is 11.3 Å². The van der Waals surface area contributed by atoms with Crippen molar-refractivity contribution in [3.8, 4) is 0 Å². The Kier molecular flexibility index (Phi) is 2.68. The summed E-state index contributed by atoms with van der Waals surface area (Å²) in [6.45, 7) is 2.30. The van der Waals surface area contributed by atoms with E-state index in [0.29, 0.717) is 5.92 Å². The molecule has 0 aromatic carbocycles. The first kappa shape index (κ1) is 8.75. The van der Waals surface area contributed by atoms with Gasteiger partial charge >= 0.3 is 0 Å². The van der Waals surface area contributed by atoms with Gasteiger partial charge in [-0.2, -0.15) is 0 Å². The van der Waals surface area contributed by atoms with Gasteiger partial charge in [0.25, 0.3) is 0 Å². The van der Waals surface area contributed by atoms with Crippen molar-refractivity contribution in [2.45, 2.75) is 19.8 Å². The number of hydrogen-bond donors (Lipinski definition) is 2. The van der Waals surface area contributed by atoms with Crippen LogP contribution >= 0.6 is 0 Å². The molecule has 2 nitrogen and oxygen atoms in total. The van der Waals surface area contributed by atoms with Gasteiger partial charge in [-0.25, -0.2) is 0 Å². The molecule has 0 saturated heterocycles. The molecule has 0 aromatic heterocycles. The average Bonchev–Trinajstić information content (AvgIpc) is 2.04. The predicted molar refractivity (Wildman–Crippen MR) is 44.1 cm³/mol. The Labute approximate surface area is 67.6 Å². The standard InChI is InChI=1S/C9H16O2/c1-8-3-2-4-9(5-8,6-10)7-11/h2-3,8,10-11H,4-7H2,1H3. The molecule has 11 heavy (non-hydrogen) atoms. The molecular weight excluding hydrogens is 140 g/mol. The summed E-state index contributed by atoms with van der Waals surface area (Å²) in [5, 5.41) is 18.1. The molecule has 0 heterocycles. The highest BCUT2D eigenvalue weighted by atomic mass is 16.3. The smallest absolute Gasteiger partial charge is 0.0512 e. The van der Waals surface area contributed by atoms with Crippen molar-refractivity contribution in [1.82, 2.24) is 0 Å².